The smallest absolute Gasteiger partial charge is 0.321 e. The molecule has 1 N–H and O–H groups in total. The number of piperazine rings is 1. The van der Waals surface area contributed by atoms with E-state index in [1.165, 1.54) is 5.56 Å². The van der Waals surface area contributed by atoms with Crippen LogP contribution in [0.4, 0.5) is 10.5 Å². The number of para-hydroxylation sites is 1. The minimum absolute atomic E-state index is 0. The lowest BCUT2D eigenvalue weighted by molar-refractivity contribution is 0.0500. The second-order valence-electron chi connectivity index (χ2n) is 6.97. The lowest BCUT2D eigenvalue weighted by Gasteiger charge is -2.39. The summed E-state index contributed by atoms with van der Waals surface area (Å²) < 4.78 is 11.0. The number of urea groups is 1. The van der Waals surface area contributed by atoms with Gasteiger partial charge in [-0.1, -0.05) is 48.5 Å². The van der Waals surface area contributed by atoms with Gasteiger partial charge in [-0.05, 0) is 24.1 Å². The Bertz CT molecular complexity index is 809. The highest BCUT2D eigenvalue weighted by Gasteiger charge is 2.31. The number of nitrogens with one attached hydrogen (secondary N) is 1. The molecule has 2 heterocycles. The van der Waals surface area contributed by atoms with Gasteiger partial charge in [-0.15, -0.1) is 12.4 Å². The van der Waals surface area contributed by atoms with Gasteiger partial charge in [-0.2, -0.15) is 0 Å². The van der Waals surface area contributed by atoms with Crippen molar-refractivity contribution in [2.24, 2.45) is 0 Å². The molecule has 6 nitrogen and oxygen atoms in total. The van der Waals surface area contributed by atoms with E-state index >= 15 is 0 Å². The number of hydrogen-bond donors (Lipinski definition) is 1. The zero-order valence-electron chi connectivity index (χ0n) is 16.2. The number of rotatable bonds is 5. The van der Waals surface area contributed by atoms with Crippen LogP contribution in [-0.4, -0.2) is 54.8 Å². The third-order valence-electron chi connectivity index (χ3n) is 5.16. The molecule has 4 rings (SSSR count). The molecule has 2 amide bonds. The molecule has 154 valence electrons. The molecule has 2 aliphatic heterocycles. The summed E-state index contributed by atoms with van der Waals surface area (Å²) in [5, 5.41) is 2.96. The van der Waals surface area contributed by atoms with Gasteiger partial charge in [0.2, 0.25) is 6.79 Å². The summed E-state index contributed by atoms with van der Waals surface area (Å²) in [6.45, 7) is 3.22. The summed E-state index contributed by atoms with van der Waals surface area (Å²) in [4.78, 5) is 16.8. The van der Waals surface area contributed by atoms with Gasteiger partial charge in [-0.3, -0.25) is 4.90 Å². The first-order valence-corrected chi connectivity index (χ1v) is 9.63. The predicted octanol–water partition coefficient (Wildman–Crippen LogP) is 3.71. The molecule has 0 spiro atoms. The fourth-order valence-electron chi connectivity index (χ4n) is 3.63. The number of nitrogens with zero attached hydrogens (tertiary/aromatic N) is 2. The molecule has 0 aliphatic carbocycles. The molecule has 0 bridgehead atoms. The highest BCUT2D eigenvalue weighted by molar-refractivity contribution is 5.89. The van der Waals surface area contributed by atoms with E-state index in [0.29, 0.717) is 13.1 Å². The summed E-state index contributed by atoms with van der Waals surface area (Å²) in [5.74, 6) is 0.867. The molecular formula is C22H26ClN3O3. The van der Waals surface area contributed by atoms with Crippen LogP contribution in [-0.2, 0) is 15.9 Å². The summed E-state index contributed by atoms with van der Waals surface area (Å²) in [7, 11) is 0. The van der Waals surface area contributed by atoms with Crippen molar-refractivity contribution in [3.63, 3.8) is 0 Å². The molecule has 7 heteroatoms. The van der Waals surface area contributed by atoms with Crippen LogP contribution in [0, 0.1) is 0 Å². The van der Waals surface area contributed by atoms with Crippen molar-refractivity contribution in [3.05, 3.63) is 78.2 Å². The summed E-state index contributed by atoms with van der Waals surface area (Å²) in [5.41, 5.74) is 2.08. The number of halogens is 1. The molecule has 2 aromatic carbocycles. The molecule has 0 aromatic heterocycles. The monoisotopic (exact) mass is 415 g/mol. The van der Waals surface area contributed by atoms with Crippen LogP contribution in [0.25, 0.3) is 0 Å². The Hall–Kier alpha value is -2.70. The predicted molar refractivity (Wildman–Crippen MR) is 115 cm³/mol. The molecule has 1 atom stereocenters. The van der Waals surface area contributed by atoms with Crippen molar-refractivity contribution >= 4 is 24.1 Å². The number of amides is 2. The van der Waals surface area contributed by atoms with Crippen molar-refractivity contribution in [1.29, 1.82) is 0 Å². The largest absolute Gasteiger partial charge is 0.462 e. The minimum atomic E-state index is -0.0508. The first kappa shape index (κ1) is 21.0. The zero-order valence-corrected chi connectivity index (χ0v) is 17.0. The number of benzene rings is 2. The van der Waals surface area contributed by atoms with Gasteiger partial charge in [-0.25, -0.2) is 4.79 Å². The quantitative estimate of drug-likeness (QED) is 0.808. The second-order valence-corrected chi connectivity index (χ2v) is 6.97. The van der Waals surface area contributed by atoms with Crippen LogP contribution in [0.5, 0.6) is 0 Å². The van der Waals surface area contributed by atoms with Crippen molar-refractivity contribution in [2.75, 3.05) is 38.3 Å². The van der Waals surface area contributed by atoms with Crippen molar-refractivity contribution in [2.45, 2.75) is 12.5 Å². The Morgan fingerprint density at radius 2 is 1.62 bits per heavy atom. The van der Waals surface area contributed by atoms with Crippen LogP contribution in [0.1, 0.15) is 5.56 Å². The summed E-state index contributed by atoms with van der Waals surface area (Å²) >= 11 is 0. The van der Waals surface area contributed by atoms with Crippen molar-refractivity contribution in [1.82, 2.24) is 9.80 Å². The Kier molecular flexibility index (Phi) is 7.38. The van der Waals surface area contributed by atoms with Gasteiger partial charge in [0.15, 0.2) is 5.76 Å². The van der Waals surface area contributed by atoms with E-state index in [2.05, 4.69) is 34.5 Å². The van der Waals surface area contributed by atoms with Gasteiger partial charge >= 0.3 is 6.03 Å². The van der Waals surface area contributed by atoms with E-state index in [1.54, 1.807) is 6.26 Å². The summed E-state index contributed by atoms with van der Waals surface area (Å²) in [6, 6.07) is 20.0. The van der Waals surface area contributed by atoms with Gasteiger partial charge in [0.05, 0.1) is 6.04 Å². The number of carbonyl (C=O) groups excluding carboxylic acids is 1. The maximum Gasteiger partial charge on any atom is 0.321 e. The fraction of sp³-hybridized carbons (Fsp3) is 0.318. The molecule has 0 saturated carbocycles. The molecule has 2 aromatic rings. The van der Waals surface area contributed by atoms with Crippen molar-refractivity contribution < 1.29 is 14.3 Å². The van der Waals surface area contributed by atoms with E-state index in [9.17, 15) is 4.79 Å². The first-order chi connectivity index (χ1) is 13.8. The van der Waals surface area contributed by atoms with Gasteiger partial charge < -0.3 is 19.7 Å². The average molecular weight is 416 g/mol. The van der Waals surface area contributed by atoms with Crippen LogP contribution in [0.3, 0.4) is 0 Å². The van der Waals surface area contributed by atoms with E-state index < -0.39 is 0 Å². The third-order valence-corrected chi connectivity index (χ3v) is 5.16. The topological polar surface area (TPSA) is 54.0 Å². The molecule has 1 fully saturated rings. The Morgan fingerprint density at radius 3 is 2.24 bits per heavy atom. The highest BCUT2D eigenvalue weighted by atomic mass is 35.5. The second kappa shape index (κ2) is 10.2. The number of anilines is 1. The lowest BCUT2D eigenvalue weighted by Crippen LogP contribution is -2.53. The molecule has 1 saturated heterocycles. The molecular weight excluding hydrogens is 390 g/mol. The van der Waals surface area contributed by atoms with Gasteiger partial charge in [0.1, 0.15) is 6.26 Å². The van der Waals surface area contributed by atoms with E-state index in [-0.39, 0.29) is 31.3 Å². The van der Waals surface area contributed by atoms with Crippen LogP contribution >= 0.6 is 12.4 Å². The number of hydrogen-bond acceptors (Lipinski definition) is 4. The zero-order chi connectivity index (χ0) is 19.2. The van der Waals surface area contributed by atoms with E-state index in [0.717, 1.165) is 31.0 Å². The Balaban J connectivity index is 0.00000240. The maximum atomic E-state index is 12.5. The number of carbonyl (C=O) groups is 1. The fourth-order valence-corrected chi connectivity index (χ4v) is 3.63. The highest BCUT2D eigenvalue weighted by Crippen LogP contribution is 2.22. The maximum absolute atomic E-state index is 12.5. The lowest BCUT2D eigenvalue weighted by atomic mass is 10.0. The van der Waals surface area contributed by atoms with Gasteiger partial charge in [0, 0.05) is 31.9 Å². The normalized spacial score (nSPS) is 17.4. The van der Waals surface area contributed by atoms with Crippen LogP contribution in [0.2, 0.25) is 0 Å². The molecule has 1 unspecified atom stereocenters. The third kappa shape index (κ3) is 5.43. The first-order valence-electron chi connectivity index (χ1n) is 9.63. The SMILES string of the molecule is Cl.O=C(Nc1ccccc1)N1CCN(C(Cc2ccccc2)C2=COCO2)CC1. The number of ether oxygens (including phenoxy) is 2. The standard InChI is InChI=1S/C22H25N3O3.ClH/c26-22(23-19-9-5-2-6-10-19)25-13-11-24(12-14-25)20(21-16-27-17-28-21)15-18-7-3-1-4-8-18;/h1-10,16,20H,11-15,17H2,(H,23,26);1H. The van der Waals surface area contributed by atoms with E-state index in [1.807, 2.05) is 41.3 Å². The Morgan fingerprint density at radius 1 is 0.966 bits per heavy atom. The molecule has 0 radical (unpaired) electrons. The van der Waals surface area contributed by atoms with Crippen LogP contribution in [0.15, 0.2) is 72.7 Å². The average Bonchev–Trinajstić information content (AvgIpc) is 3.28. The van der Waals surface area contributed by atoms with Crippen molar-refractivity contribution in [3.8, 4) is 0 Å². The van der Waals surface area contributed by atoms with E-state index in [4.69, 9.17) is 9.47 Å². The summed E-state index contributed by atoms with van der Waals surface area (Å²) in [6.07, 6.45) is 2.58. The molecule has 2 aliphatic rings. The Labute approximate surface area is 177 Å². The molecule has 29 heavy (non-hydrogen) atoms. The minimum Gasteiger partial charge on any atom is -0.462 e. The van der Waals surface area contributed by atoms with Crippen LogP contribution < -0.4 is 5.32 Å². The van der Waals surface area contributed by atoms with Gasteiger partial charge in [0.25, 0.3) is 0 Å².